The molecule has 2 rings (SSSR count). The molecule has 0 spiro atoms. The molecule has 106 valence electrons. The minimum Gasteiger partial charge on any atom is -0.490 e. The van der Waals surface area contributed by atoms with E-state index in [4.69, 9.17) is 15.2 Å². The predicted octanol–water partition coefficient (Wildman–Crippen LogP) is 3.30. The highest BCUT2D eigenvalue weighted by molar-refractivity contribution is 5.50. The van der Waals surface area contributed by atoms with Crippen LogP contribution in [0.2, 0.25) is 0 Å². The van der Waals surface area contributed by atoms with Gasteiger partial charge in [-0.25, -0.2) is 0 Å². The molecular weight excluding hydrogens is 238 g/mol. The highest BCUT2D eigenvalue weighted by atomic mass is 16.5. The van der Waals surface area contributed by atoms with Gasteiger partial charge in [0.2, 0.25) is 0 Å². The maximum Gasteiger partial charge on any atom is 0.165 e. The Morgan fingerprint density at radius 3 is 2.79 bits per heavy atom. The standard InChI is InChI=1S/C16H25NO2/c1-16(2)12-13-8-7-9-14(15(13)19-16)18-11-6-4-3-5-10-17/h7-9H,3-6,10-12,17H2,1-2H3. The van der Waals surface area contributed by atoms with Gasteiger partial charge in [-0.15, -0.1) is 0 Å². The van der Waals surface area contributed by atoms with Gasteiger partial charge in [-0.2, -0.15) is 0 Å². The Hall–Kier alpha value is -1.22. The average molecular weight is 263 g/mol. The number of nitrogens with two attached hydrogens (primary N) is 1. The molecule has 19 heavy (non-hydrogen) atoms. The first-order valence-corrected chi connectivity index (χ1v) is 7.26. The van der Waals surface area contributed by atoms with E-state index in [1.807, 2.05) is 12.1 Å². The van der Waals surface area contributed by atoms with Crippen molar-refractivity contribution in [3.05, 3.63) is 23.8 Å². The second-order valence-electron chi connectivity index (χ2n) is 5.83. The third-order valence-corrected chi connectivity index (χ3v) is 3.41. The topological polar surface area (TPSA) is 44.5 Å². The third kappa shape index (κ3) is 3.87. The molecule has 1 heterocycles. The fourth-order valence-electron chi connectivity index (χ4n) is 2.48. The number of hydrogen-bond acceptors (Lipinski definition) is 3. The van der Waals surface area contributed by atoms with E-state index in [9.17, 15) is 0 Å². The van der Waals surface area contributed by atoms with E-state index in [-0.39, 0.29) is 5.60 Å². The molecule has 1 aromatic rings. The SMILES string of the molecule is CC1(C)Cc2cccc(OCCCCCCN)c2O1. The molecule has 0 saturated carbocycles. The lowest BCUT2D eigenvalue weighted by Crippen LogP contribution is -2.24. The molecular formula is C16H25NO2. The van der Waals surface area contributed by atoms with Crippen molar-refractivity contribution in [1.29, 1.82) is 0 Å². The van der Waals surface area contributed by atoms with Crippen molar-refractivity contribution in [3.63, 3.8) is 0 Å². The van der Waals surface area contributed by atoms with Gasteiger partial charge in [0.15, 0.2) is 11.5 Å². The molecule has 0 unspecified atom stereocenters. The number of para-hydroxylation sites is 1. The second-order valence-corrected chi connectivity index (χ2v) is 5.83. The van der Waals surface area contributed by atoms with E-state index >= 15 is 0 Å². The first-order chi connectivity index (χ1) is 9.12. The predicted molar refractivity (Wildman–Crippen MR) is 77.9 cm³/mol. The van der Waals surface area contributed by atoms with Crippen molar-refractivity contribution in [1.82, 2.24) is 0 Å². The van der Waals surface area contributed by atoms with Gasteiger partial charge in [0.1, 0.15) is 5.60 Å². The van der Waals surface area contributed by atoms with Crippen molar-refractivity contribution in [2.45, 2.75) is 51.6 Å². The highest BCUT2D eigenvalue weighted by Crippen LogP contribution is 2.41. The van der Waals surface area contributed by atoms with Crippen LogP contribution in [0.3, 0.4) is 0 Å². The number of benzene rings is 1. The molecule has 0 atom stereocenters. The fraction of sp³-hybridized carbons (Fsp3) is 0.625. The smallest absolute Gasteiger partial charge is 0.165 e. The minimum atomic E-state index is -0.108. The zero-order valence-electron chi connectivity index (χ0n) is 12.1. The first kappa shape index (κ1) is 14.2. The lowest BCUT2D eigenvalue weighted by Gasteiger charge is -2.18. The summed E-state index contributed by atoms with van der Waals surface area (Å²) in [6, 6.07) is 6.17. The van der Waals surface area contributed by atoms with E-state index in [2.05, 4.69) is 19.9 Å². The number of hydrogen-bond donors (Lipinski definition) is 1. The van der Waals surface area contributed by atoms with Crippen molar-refractivity contribution < 1.29 is 9.47 Å². The number of rotatable bonds is 7. The fourth-order valence-corrected chi connectivity index (χ4v) is 2.48. The molecule has 0 fully saturated rings. The summed E-state index contributed by atoms with van der Waals surface area (Å²) < 4.78 is 11.8. The van der Waals surface area contributed by atoms with Crippen LogP contribution in [0.15, 0.2) is 18.2 Å². The van der Waals surface area contributed by atoms with Gasteiger partial charge in [-0.05, 0) is 39.3 Å². The molecule has 1 aromatic carbocycles. The summed E-state index contributed by atoms with van der Waals surface area (Å²) in [4.78, 5) is 0. The van der Waals surface area contributed by atoms with Crippen LogP contribution in [-0.4, -0.2) is 18.8 Å². The highest BCUT2D eigenvalue weighted by Gasteiger charge is 2.32. The molecule has 1 aliphatic heterocycles. The van der Waals surface area contributed by atoms with Crippen LogP contribution in [0.1, 0.15) is 45.1 Å². The van der Waals surface area contributed by atoms with Gasteiger partial charge in [0, 0.05) is 12.0 Å². The van der Waals surface area contributed by atoms with E-state index in [0.717, 1.165) is 43.9 Å². The Bertz CT molecular complexity index is 415. The Balaban J connectivity index is 1.84. The van der Waals surface area contributed by atoms with E-state index in [1.165, 1.54) is 18.4 Å². The van der Waals surface area contributed by atoms with Gasteiger partial charge in [-0.3, -0.25) is 0 Å². The number of ether oxygens (including phenoxy) is 2. The first-order valence-electron chi connectivity index (χ1n) is 7.26. The quantitative estimate of drug-likeness (QED) is 0.768. The lowest BCUT2D eigenvalue weighted by atomic mass is 10.0. The van der Waals surface area contributed by atoms with Gasteiger partial charge < -0.3 is 15.2 Å². The van der Waals surface area contributed by atoms with Crippen LogP contribution in [-0.2, 0) is 6.42 Å². The van der Waals surface area contributed by atoms with Gasteiger partial charge in [0.05, 0.1) is 6.61 Å². The zero-order valence-corrected chi connectivity index (χ0v) is 12.1. The lowest BCUT2D eigenvalue weighted by molar-refractivity contribution is 0.132. The van der Waals surface area contributed by atoms with Crippen LogP contribution in [0.5, 0.6) is 11.5 Å². The maximum atomic E-state index is 5.98. The van der Waals surface area contributed by atoms with Crippen molar-refractivity contribution in [3.8, 4) is 11.5 Å². The molecule has 0 radical (unpaired) electrons. The molecule has 0 aliphatic carbocycles. The molecule has 0 bridgehead atoms. The summed E-state index contributed by atoms with van der Waals surface area (Å²) in [6.45, 7) is 5.77. The molecule has 3 nitrogen and oxygen atoms in total. The summed E-state index contributed by atoms with van der Waals surface area (Å²) in [6.07, 6.45) is 5.51. The maximum absolute atomic E-state index is 5.98. The number of unbranched alkanes of at least 4 members (excludes halogenated alkanes) is 3. The van der Waals surface area contributed by atoms with Crippen molar-refractivity contribution in [2.24, 2.45) is 5.73 Å². The summed E-state index contributed by atoms with van der Waals surface area (Å²) >= 11 is 0. The van der Waals surface area contributed by atoms with Gasteiger partial charge >= 0.3 is 0 Å². The van der Waals surface area contributed by atoms with E-state index < -0.39 is 0 Å². The Morgan fingerprint density at radius 2 is 2.00 bits per heavy atom. The summed E-state index contributed by atoms with van der Waals surface area (Å²) in [5.41, 5.74) is 6.62. The van der Waals surface area contributed by atoms with Crippen LogP contribution >= 0.6 is 0 Å². The van der Waals surface area contributed by atoms with Crippen molar-refractivity contribution in [2.75, 3.05) is 13.2 Å². The molecule has 0 saturated heterocycles. The molecule has 0 aromatic heterocycles. The summed E-state index contributed by atoms with van der Waals surface area (Å²) in [5.74, 6) is 1.83. The van der Waals surface area contributed by atoms with E-state index in [0.29, 0.717) is 0 Å². The Kier molecular flexibility index (Phi) is 4.70. The van der Waals surface area contributed by atoms with Gasteiger partial charge in [0.25, 0.3) is 0 Å². The molecule has 0 amide bonds. The second kappa shape index (κ2) is 6.29. The monoisotopic (exact) mass is 263 g/mol. The van der Waals surface area contributed by atoms with Gasteiger partial charge in [-0.1, -0.05) is 25.0 Å². The minimum absolute atomic E-state index is 0.108. The largest absolute Gasteiger partial charge is 0.490 e. The van der Waals surface area contributed by atoms with Crippen LogP contribution in [0.25, 0.3) is 0 Å². The molecule has 1 aliphatic rings. The van der Waals surface area contributed by atoms with E-state index in [1.54, 1.807) is 0 Å². The molecule has 2 N–H and O–H groups in total. The van der Waals surface area contributed by atoms with Crippen molar-refractivity contribution >= 4 is 0 Å². The zero-order chi connectivity index (χ0) is 13.7. The summed E-state index contributed by atoms with van der Waals surface area (Å²) in [5, 5.41) is 0. The normalized spacial score (nSPS) is 15.9. The van der Waals surface area contributed by atoms with Crippen LogP contribution in [0, 0.1) is 0 Å². The Morgan fingerprint density at radius 1 is 1.21 bits per heavy atom. The Labute approximate surface area is 116 Å². The van der Waals surface area contributed by atoms with Crippen LogP contribution < -0.4 is 15.2 Å². The number of fused-ring (bicyclic) bond motifs is 1. The third-order valence-electron chi connectivity index (χ3n) is 3.41. The molecule has 3 heteroatoms. The van der Waals surface area contributed by atoms with Crippen LogP contribution in [0.4, 0.5) is 0 Å². The summed E-state index contributed by atoms with van der Waals surface area (Å²) in [7, 11) is 0. The average Bonchev–Trinajstić information content (AvgIpc) is 2.68.